The molecule has 0 aromatic heterocycles. The number of rotatable bonds is 9. The summed E-state index contributed by atoms with van der Waals surface area (Å²) >= 11 is 0. The number of esters is 1. The maximum absolute atomic E-state index is 11.8. The Hall–Kier alpha value is -2.79. The number of methoxy groups -OCH3 is 2. The van der Waals surface area contributed by atoms with Gasteiger partial charge in [0, 0.05) is 12.5 Å². The van der Waals surface area contributed by atoms with Crippen molar-refractivity contribution >= 4 is 11.9 Å². The molecule has 0 aliphatic carbocycles. The summed E-state index contributed by atoms with van der Waals surface area (Å²) in [5.41, 5.74) is 0.454. The van der Waals surface area contributed by atoms with Crippen molar-refractivity contribution in [2.75, 3.05) is 20.8 Å². The molecule has 0 unspecified atom stereocenters. The third-order valence-electron chi connectivity index (χ3n) is 3.35. The molecular weight excluding hydrogens is 328 g/mol. The van der Waals surface area contributed by atoms with Crippen molar-refractivity contribution in [2.45, 2.75) is 31.9 Å². The summed E-state index contributed by atoms with van der Waals surface area (Å²) in [5.74, 6) is -0.199. The number of nitriles is 1. The zero-order chi connectivity index (χ0) is 18.8. The van der Waals surface area contributed by atoms with Gasteiger partial charge in [-0.05, 0) is 25.5 Å². The second-order valence-electron chi connectivity index (χ2n) is 5.24. The van der Waals surface area contributed by atoms with E-state index in [9.17, 15) is 14.7 Å². The van der Waals surface area contributed by atoms with Gasteiger partial charge in [0.05, 0.1) is 38.6 Å². The highest BCUT2D eigenvalue weighted by Crippen LogP contribution is 2.27. The van der Waals surface area contributed by atoms with Gasteiger partial charge in [0.2, 0.25) is 5.91 Å². The molecule has 0 saturated carbocycles. The standard InChI is InChI=1S/C17H22N2O6/c1-11(20)16(17(22)24-3)19-15(21)5-4-8-25-13-7-6-12(10-18)9-14(13)23-2/h6-7,9,11,16,20H,4-5,8H2,1-3H3,(H,19,21)/t11-,16-/m1/s1. The van der Waals surface area contributed by atoms with Crippen LogP contribution in [0.25, 0.3) is 0 Å². The molecule has 1 rings (SSSR count). The fourth-order valence-corrected chi connectivity index (χ4v) is 2.02. The van der Waals surface area contributed by atoms with E-state index in [-0.39, 0.29) is 13.0 Å². The summed E-state index contributed by atoms with van der Waals surface area (Å²) in [6, 6.07) is 5.70. The summed E-state index contributed by atoms with van der Waals surface area (Å²) in [6.07, 6.45) is -0.558. The molecule has 0 radical (unpaired) electrons. The molecule has 1 amide bonds. The number of benzene rings is 1. The Morgan fingerprint density at radius 2 is 2.04 bits per heavy atom. The van der Waals surface area contributed by atoms with Gasteiger partial charge >= 0.3 is 5.97 Å². The number of nitrogens with one attached hydrogen (secondary N) is 1. The molecule has 0 fully saturated rings. The average Bonchev–Trinajstić information content (AvgIpc) is 2.62. The van der Waals surface area contributed by atoms with Crippen LogP contribution >= 0.6 is 0 Å². The molecule has 1 aromatic rings. The van der Waals surface area contributed by atoms with E-state index >= 15 is 0 Å². The molecular formula is C17H22N2O6. The molecule has 0 aliphatic heterocycles. The predicted molar refractivity (Wildman–Crippen MR) is 88.1 cm³/mol. The number of aliphatic hydroxyl groups is 1. The number of ether oxygens (including phenoxy) is 3. The molecule has 0 saturated heterocycles. The number of carbonyl (C=O) groups excluding carboxylic acids is 2. The number of carbonyl (C=O) groups is 2. The number of nitrogens with zero attached hydrogens (tertiary/aromatic N) is 1. The largest absolute Gasteiger partial charge is 0.493 e. The Balaban J connectivity index is 2.46. The maximum Gasteiger partial charge on any atom is 0.331 e. The van der Waals surface area contributed by atoms with Gasteiger partial charge < -0.3 is 24.6 Å². The smallest absolute Gasteiger partial charge is 0.331 e. The van der Waals surface area contributed by atoms with Crippen LogP contribution in [0.2, 0.25) is 0 Å². The van der Waals surface area contributed by atoms with Crippen LogP contribution in [-0.2, 0) is 14.3 Å². The molecule has 0 spiro atoms. The van der Waals surface area contributed by atoms with Gasteiger partial charge in [0.15, 0.2) is 17.5 Å². The molecule has 2 atom stereocenters. The minimum atomic E-state index is -1.10. The third-order valence-corrected chi connectivity index (χ3v) is 3.35. The molecule has 8 heteroatoms. The molecule has 1 aromatic carbocycles. The first-order chi connectivity index (χ1) is 11.9. The monoisotopic (exact) mass is 350 g/mol. The zero-order valence-electron chi connectivity index (χ0n) is 14.4. The van der Waals surface area contributed by atoms with Gasteiger partial charge in [0.1, 0.15) is 0 Å². The van der Waals surface area contributed by atoms with Crippen LogP contribution in [-0.4, -0.2) is 50.0 Å². The number of amides is 1. The van der Waals surface area contributed by atoms with E-state index in [2.05, 4.69) is 10.1 Å². The summed E-state index contributed by atoms with van der Waals surface area (Å²) in [7, 11) is 2.66. The third kappa shape index (κ3) is 6.31. The Kier molecular flexibility index (Phi) is 8.23. The SMILES string of the molecule is COC(=O)[C@H](NC(=O)CCCOc1ccc(C#N)cc1OC)[C@@H](C)O. The Morgan fingerprint density at radius 1 is 1.32 bits per heavy atom. The quantitative estimate of drug-likeness (QED) is 0.499. The maximum atomic E-state index is 11.8. The van der Waals surface area contributed by atoms with Gasteiger partial charge in [-0.2, -0.15) is 5.26 Å². The van der Waals surface area contributed by atoms with Crippen LogP contribution in [0.3, 0.4) is 0 Å². The van der Waals surface area contributed by atoms with E-state index in [4.69, 9.17) is 14.7 Å². The molecule has 0 bridgehead atoms. The van der Waals surface area contributed by atoms with Crippen molar-refractivity contribution in [1.29, 1.82) is 5.26 Å². The zero-order valence-corrected chi connectivity index (χ0v) is 14.4. The first-order valence-electron chi connectivity index (χ1n) is 7.69. The van der Waals surface area contributed by atoms with Crippen molar-refractivity contribution < 1.29 is 28.9 Å². The van der Waals surface area contributed by atoms with Crippen molar-refractivity contribution in [3.63, 3.8) is 0 Å². The van der Waals surface area contributed by atoms with Gasteiger partial charge in [-0.3, -0.25) is 4.79 Å². The Bertz CT molecular complexity index is 639. The normalized spacial score (nSPS) is 12.4. The van der Waals surface area contributed by atoms with Crippen LogP contribution in [0, 0.1) is 11.3 Å². The fraction of sp³-hybridized carbons (Fsp3) is 0.471. The summed E-state index contributed by atoms with van der Waals surface area (Å²) in [4.78, 5) is 23.3. The van der Waals surface area contributed by atoms with E-state index in [0.717, 1.165) is 0 Å². The van der Waals surface area contributed by atoms with Crippen molar-refractivity contribution in [3.05, 3.63) is 23.8 Å². The molecule has 0 aliphatic rings. The predicted octanol–water partition coefficient (Wildman–Crippen LogP) is 0.764. The Morgan fingerprint density at radius 3 is 2.60 bits per heavy atom. The van der Waals surface area contributed by atoms with Crippen LogP contribution in [0.15, 0.2) is 18.2 Å². The molecule has 136 valence electrons. The lowest BCUT2D eigenvalue weighted by atomic mass is 10.1. The van der Waals surface area contributed by atoms with Crippen LogP contribution in [0.1, 0.15) is 25.3 Å². The van der Waals surface area contributed by atoms with E-state index in [1.165, 1.54) is 21.1 Å². The van der Waals surface area contributed by atoms with Crippen LogP contribution in [0.4, 0.5) is 0 Å². The van der Waals surface area contributed by atoms with Gasteiger partial charge in [-0.25, -0.2) is 4.79 Å². The minimum Gasteiger partial charge on any atom is -0.493 e. The van der Waals surface area contributed by atoms with Crippen molar-refractivity contribution in [3.8, 4) is 17.6 Å². The van der Waals surface area contributed by atoms with Crippen LogP contribution in [0.5, 0.6) is 11.5 Å². The van der Waals surface area contributed by atoms with Crippen LogP contribution < -0.4 is 14.8 Å². The van der Waals surface area contributed by atoms with Gasteiger partial charge in [-0.15, -0.1) is 0 Å². The highest BCUT2D eigenvalue weighted by Gasteiger charge is 2.26. The second-order valence-corrected chi connectivity index (χ2v) is 5.24. The van der Waals surface area contributed by atoms with E-state index in [0.29, 0.717) is 23.5 Å². The molecule has 25 heavy (non-hydrogen) atoms. The highest BCUT2D eigenvalue weighted by atomic mass is 16.5. The summed E-state index contributed by atoms with van der Waals surface area (Å²) in [5, 5.41) is 20.8. The van der Waals surface area contributed by atoms with Crippen molar-refractivity contribution in [1.82, 2.24) is 5.32 Å². The fourth-order valence-electron chi connectivity index (χ4n) is 2.02. The first kappa shape index (κ1) is 20.3. The van der Waals surface area contributed by atoms with Crippen molar-refractivity contribution in [2.24, 2.45) is 0 Å². The van der Waals surface area contributed by atoms with Gasteiger partial charge in [-0.1, -0.05) is 0 Å². The minimum absolute atomic E-state index is 0.110. The summed E-state index contributed by atoms with van der Waals surface area (Å²) < 4.78 is 15.2. The van der Waals surface area contributed by atoms with E-state index in [1.807, 2.05) is 6.07 Å². The number of aliphatic hydroxyl groups excluding tert-OH is 1. The number of hydrogen-bond donors (Lipinski definition) is 2. The van der Waals surface area contributed by atoms with Gasteiger partial charge in [0.25, 0.3) is 0 Å². The lowest BCUT2D eigenvalue weighted by Crippen LogP contribution is -2.48. The van der Waals surface area contributed by atoms with E-state index < -0.39 is 24.0 Å². The molecule has 8 nitrogen and oxygen atoms in total. The van der Waals surface area contributed by atoms with E-state index in [1.54, 1.807) is 18.2 Å². The number of hydrogen-bond acceptors (Lipinski definition) is 7. The second kappa shape index (κ2) is 10.2. The summed E-state index contributed by atoms with van der Waals surface area (Å²) in [6.45, 7) is 1.63. The molecule has 2 N–H and O–H groups in total. The topological polar surface area (TPSA) is 118 Å². The Labute approximate surface area is 146 Å². The molecule has 0 heterocycles. The first-order valence-corrected chi connectivity index (χ1v) is 7.69. The average molecular weight is 350 g/mol. The highest BCUT2D eigenvalue weighted by molar-refractivity contribution is 5.84. The lowest BCUT2D eigenvalue weighted by molar-refractivity contribution is -0.148. The lowest BCUT2D eigenvalue weighted by Gasteiger charge is -2.18.